The number of rotatable bonds is 5. The van der Waals surface area contributed by atoms with Crippen molar-refractivity contribution in [2.24, 2.45) is 0 Å². The fourth-order valence-corrected chi connectivity index (χ4v) is 2.96. The second kappa shape index (κ2) is 7.79. The van der Waals surface area contributed by atoms with Crippen LogP contribution in [0, 0.1) is 11.9 Å². The van der Waals surface area contributed by atoms with Crippen molar-refractivity contribution in [3.63, 3.8) is 0 Å². The minimum atomic E-state index is -0.560. The minimum Gasteiger partial charge on any atom is -0.322 e. The molecule has 0 atom stereocenters. The van der Waals surface area contributed by atoms with Crippen LogP contribution in [0.5, 0.6) is 0 Å². The lowest BCUT2D eigenvalue weighted by Crippen LogP contribution is -2.10. The van der Waals surface area contributed by atoms with Crippen molar-refractivity contribution >= 4 is 23.6 Å². The maximum Gasteiger partial charge on any atom is 0.214 e. The number of aromatic nitrogens is 6. The molecule has 4 aromatic rings. The molecule has 0 bridgehead atoms. The highest BCUT2D eigenvalue weighted by atomic mass is 35.5. The fraction of sp³-hybridized carbons (Fsp3) is 0.222. The third kappa shape index (κ3) is 3.66. The topological polar surface area (TPSA) is 61.4 Å². The Morgan fingerprint density at radius 2 is 1.81 bits per heavy atom. The van der Waals surface area contributed by atoms with Crippen LogP contribution in [-0.2, 0) is 13.1 Å². The summed E-state index contributed by atoms with van der Waals surface area (Å²) in [7, 11) is 0. The van der Waals surface area contributed by atoms with Crippen LogP contribution in [0.4, 0.5) is 8.78 Å². The maximum atomic E-state index is 13.6. The molecular formula is C18H17ClF2N6. The number of fused-ring (bicyclic) bond motifs is 1. The highest BCUT2D eigenvalue weighted by Gasteiger charge is 2.15. The van der Waals surface area contributed by atoms with Gasteiger partial charge in [0.15, 0.2) is 11.5 Å². The third-order valence-corrected chi connectivity index (χ3v) is 4.06. The van der Waals surface area contributed by atoms with E-state index in [1.54, 1.807) is 30.6 Å². The summed E-state index contributed by atoms with van der Waals surface area (Å²) in [5.74, 6) is 0.179. The molecule has 6 nitrogen and oxygen atoms in total. The van der Waals surface area contributed by atoms with Crippen molar-refractivity contribution < 1.29 is 8.78 Å². The summed E-state index contributed by atoms with van der Waals surface area (Å²) in [5, 5.41) is 0. The Morgan fingerprint density at radius 1 is 1.00 bits per heavy atom. The Labute approximate surface area is 160 Å². The molecule has 0 unspecified atom stereocenters. The van der Waals surface area contributed by atoms with E-state index in [0.717, 1.165) is 12.2 Å². The Hall–Kier alpha value is -2.87. The van der Waals surface area contributed by atoms with Gasteiger partial charge in [-0.25, -0.2) is 15.0 Å². The van der Waals surface area contributed by atoms with Crippen LogP contribution in [-0.4, -0.2) is 29.1 Å². The van der Waals surface area contributed by atoms with Crippen molar-refractivity contribution in [2.75, 3.05) is 0 Å². The van der Waals surface area contributed by atoms with E-state index in [1.165, 1.54) is 12.1 Å². The molecule has 4 heterocycles. The molecule has 0 aliphatic heterocycles. The van der Waals surface area contributed by atoms with E-state index in [2.05, 4.69) is 19.9 Å². The van der Waals surface area contributed by atoms with Gasteiger partial charge in [-0.2, -0.15) is 13.8 Å². The molecule has 4 aromatic heterocycles. The Morgan fingerprint density at radius 3 is 2.59 bits per heavy atom. The molecule has 140 valence electrons. The summed E-state index contributed by atoms with van der Waals surface area (Å²) < 4.78 is 30.7. The van der Waals surface area contributed by atoms with Crippen LogP contribution in [0.2, 0.25) is 0 Å². The zero-order valence-corrected chi connectivity index (χ0v) is 15.3. The average molecular weight is 391 g/mol. The zero-order valence-electron chi connectivity index (χ0n) is 14.5. The van der Waals surface area contributed by atoms with Gasteiger partial charge in [-0.15, -0.1) is 12.4 Å². The number of hydrogen-bond donors (Lipinski definition) is 0. The van der Waals surface area contributed by atoms with Crippen molar-refractivity contribution in [3.8, 4) is 11.5 Å². The molecular weight excluding hydrogens is 374 g/mol. The third-order valence-electron chi connectivity index (χ3n) is 4.06. The van der Waals surface area contributed by atoms with Crippen LogP contribution in [0.15, 0.2) is 42.7 Å². The quantitative estimate of drug-likeness (QED) is 0.486. The molecule has 27 heavy (non-hydrogen) atoms. The van der Waals surface area contributed by atoms with Gasteiger partial charge in [0.05, 0.1) is 6.54 Å². The largest absolute Gasteiger partial charge is 0.322 e. The molecule has 0 aliphatic carbocycles. The van der Waals surface area contributed by atoms with Gasteiger partial charge < -0.3 is 9.13 Å². The zero-order chi connectivity index (χ0) is 18.1. The van der Waals surface area contributed by atoms with Gasteiger partial charge in [0.1, 0.15) is 17.0 Å². The normalized spacial score (nSPS) is 10.9. The summed E-state index contributed by atoms with van der Waals surface area (Å²) in [6, 6.07) is 7.51. The number of hydrogen-bond acceptors (Lipinski definition) is 4. The highest BCUT2D eigenvalue weighted by Crippen LogP contribution is 2.20. The second-order valence-corrected chi connectivity index (χ2v) is 5.88. The number of aryl methyl sites for hydroxylation is 1. The SMILES string of the molecule is CCCn1c(Cn2ccnc2-c2cccc(F)n2)nc2ccc(F)nc21.Cl. The monoisotopic (exact) mass is 390 g/mol. The maximum absolute atomic E-state index is 13.6. The predicted molar refractivity (Wildman–Crippen MR) is 99.5 cm³/mol. The Bertz CT molecular complexity index is 1070. The van der Waals surface area contributed by atoms with E-state index in [0.29, 0.717) is 35.8 Å². The summed E-state index contributed by atoms with van der Waals surface area (Å²) in [6.45, 7) is 3.10. The van der Waals surface area contributed by atoms with E-state index < -0.39 is 11.9 Å². The lowest BCUT2D eigenvalue weighted by molar-refractivity contribution is 0.577. The standard InChI is InChI=1S/C18H16F2N6.ClH/c1-2-9-26-16(23-13-6-7-15(20)24-18(13)26)11-25-10-8-21-17(25)12-4-3-5-14(19)22-12;/h3-8,10H,2,9,11H2,1H3;1H. The highest BCUT2D eigenvalue weighted by molar-refractivity contribution is 5.85. The molecule has 0 radical (unpaired) electrons. The minimum absolute atomic E-state index is 0. The van der Waals surface area contributed by atoms with Gasteiger partial charge in [-0.05, 0) is 30.7 Å². The van der Waals surface area contributed by atoms with Crippen LogP contribution in [0.1, 0.15) is 19.2 Å². The number of nitrogens with zero attached hydrogens (tertiary/aromatic N) is 6. The van der Waals surface area contributed by atoms with Gasteiger partial charge in [-0.1, -0.05) is 13.0 Å². The summed E-state index contributed by atoms with van der Waals surface area (Å²) in [4.78, 5) is 16.8. The molecule has 0 saturated carbocycles. The molecule has 0 aliphatic rings. The van der Waals surface area contributed by atoms with Gasteiger partial charge in [0.25, 0.3) is 0 Å². The Kier molecular flexibility index (Phi) is 5.46. The molecule has 0 aromatic carbocycles. The summed E-state index contributed by atoms with van der Waals surface area (Å²) >= 11 is 0. The van der Waals surface area contributed by atoms with E-state index in [4.69, 9.17) is 0 Å². The smallest absolute Gasteiger partial charge is 0.214 e. The van der Waals surface area contributed by atoms with E-state index in [1.807, 2.05) is 16.1 Å². The lowest BCUT2D eigenvalue weighted by Gasteiger charge is -2.10. The average Bonchev–Trinajstić information content (AvgIpc) is 3.21. The molecule has 4 rings (SSSR count). The number of halogens is 3. The van der Waals surface area contributed by atoms with Crippen LogP contribution < -0.4 is 0 Å². The predicted octanol–water partition coefficient (Wildman–Crippen LogP) is 3.85. The van der Waals surface area contributed by atoms with Crippen LogP contribution in [0.25, 0.3) is 22.7 Å². The molecule has 0 spiro atoms. The summed E-state index contributed by atoms with van der Waals surface area (Å²) in [6.07, 6.45) is 4.27. The van der Waals surface area contributed by atoms with E-state index in [-0.39, 0.29) is 12.4 Å². The first kappa shape index (κ1) is 18.9. The van der Waals surface area contributed by atoms with Crippen molar-refractivity contribution in [3.05, 3.63) is 60.4 Å². The van der Waals surface area contributed by atoms with Crippen LogP contribution in [0.3, 0.4) is 0 Å². The molecule has 0 fully saturated rings. The van der Waals surface area contributed by atoms with Crippen molar-refractivity contribution in [2.45, 2.75) is 26.4 Å². The van der Waals surface area contributed by atoms with Gasteiger partial charge in [0, 0.05) is 18.9 Å². The molecule has 0 saturated heterocycles. The molecule has 0 amide bonds. The van der Waals surface area contributed by atoms with Gasteiger partial charge >= 0.3 is 0 Å². The first-order chi connectivity index (χ1) is 12.7. The lowest BCUT2D eigenvalue weighted by atomic mass is 10.3. The van der Waals surface area contributed by atoms with Gasteiger partial charge in [-0.3, -0.25) is 0 Å². The number of pyridine rings is 2. The Balaban J connectivity index is 0.00000210. The van der Waals surface area contributed by atoms with E-state index in [9.17, 15) is 8.78 Å². The van der Waals surface area contributed by atoms with Gasteiger partial charge in [0.2, 0.25) is 11.9 Å². The first-order valence-corrected chi connectivity index (χ1v) is 8.31. The van der Waals surface area contributed by atoms with Crippen LogP contribution >= 0.6 is 12.4 Å². The van der Waals surface area contributed by atoms with E-state index >= 15 is 0 Å². The van der Waals surface area contributed by atoms with Crippen molar-refractivity contribution in [1.82, 2.24) is 29.1 Å². The molecule has 9 heteroatoms. The number of imidazole rings is 2. The fourth-order valence-electron chi connectivity index (χ4n) is 2.96. The van der Waals surface area contributed by atoms with Crippen molar-refractivity contribution in [1.29, 1.82) is 0 Å². The second-order valence-electron chi connectivity index (χ2n) is 5.88. The summed E-state index contributed by atoms with van der Waals surface area (Å²) in [5.41, 5.74) is 1.60. The molecule has 0 N–H and O–H groups in total. The first-order valence-electron chi connectivity index (χ1n) is 8.31.